The van der Waals surface area contributed by atoms with E-state index in [2.05, 4.69) is 0 Å². The SMILES string of the molecule is CCc1ccc(OC(O)C2CCC(c3ccc(-c4ccc(C)cc4)c(F)c3F)CC2)c(F)c1. The number of ether oxygens (including phenoxy) is 1. The van der Waals surface area contributed by atoms with Gasteiger partial charge in [0.15, 0.2) is 29.5 Å². The van der Waals surface area contributed by atoms with Crippen LogP contribution >= 0.6 is 0 Å². The molecule has 1 atom stereocenters. The Morgan fingerprint density at radius 2 is 1.61 bits per heavy atom. The minimum absolute atomic E-state index is 0.0293. The van der Waals surface area contributed by atoms with Gasteiger partial charge in [0.05, 0.1) is 0 Å². The van der Waals surface area contributed by atoms with Gasteiger partial charge < -0.3 is 9.84 Å². The van der Waals surface area contributed by atoms with E-state index in [-0.39, 0.29) is 23.1 Å². The first-order valence-corrected chi connectivity index (χ1v) is 11.6. The van der Waals surface area contributed by atoms with Gasteiger partial charge in [-0.05, 0) is 73.8 Å². The van der Waals surface area contributed by atoms with Crippen molar-refractivity contribution in [3.05, 3.63) is 88.7 Å². The molecule has 0 amide bonds. The molecule has 5 heteroatoms. The van der Waals surface area contributed by atoms with Crippen molar-refractivity contribution in [2.45, 2.75) is 58.2 Å². The molecule has 1 fully saturated rings. The molecule has 0 aliphatic heterocycles. The Morgan fingerprint density at radius 3 is 2.24 bits per heavy atom. The highest BCUT2D eigenvalue weighted by molar-refractivity contribution is 5.65. The van der Waals surface area contributed by atoms with Gasteiger partial charge in [0.1, 0.15) is 0 Å². The maximum absolute atomic E-state index is 15.0. The molecule has 4 rings (SSSR count). The number of aliphatic hydroxyl groups excluding tert-OH is 1. The van der Waals surface area contributed by atoms with Gasteiger partial charge in [0.2, 0.25) is 0 Å². The van der Waals surface area contributed by atoms with E-state index < -0.39 is 23.7 Å². The zero-order valence-electron chi connectivity index (χ0n) is 19.0. The maximum atomic E-state index is 15.0. The van der Waals surface area contributed by atoms with Gasteiger partial charge >= 0.3 is 0 Å². The fraction of sp³-hybridized carbons (Fsp3) is 0.357. The fourth-order valence-corrected chi connectivity index (χ4v) is 4.64. The largest absolute Gasteiger partial charge is 0.462 e. The molecule has 3 aromatic carbocycles. The Morgan fingerprint density at radius 1 is 0.909 bits per heavy atom. The van der Waals surface area contributed by atoms with Crippen molar-refractivity contribution >= 4 is 0 Å². The molecule has 1 saturated carbocycles. The summed E-state index contributed by atoms with van der Waals surface area (Å²) in [5.74, 6) is -2.41. The molecule has 0 bridgehead atoms. The Balaban J connectivity index is 1.41. The van der Waals surface area contributed by atoms with Crippen molar-refractivity contribution < 1.29 is 23.0 Å². The normalized spacial score (nSPS) is 19.3. The lowest BCUT2D eigenvalue weighted by Gasteiger charge is -2.32. The summed E-state index contributed by atoms with van der Waals surface area (Å²) < 4.78 is 49.5. The summed E-state index contributed by atoms with van der Waals surface area (Å²) in [7, 11) is 0. The first-order chi connectivity index (χ1) is 15.9. The second-order valence-electron chi connectivity index (χ2n) is 8.93. The predicted molar refractivity (Wildman–Crippen MR) is 124 cm³/mol. The molecule has 0 radical (unpaired) electrons. The van der Waals surface area contributed by atoms with Crippen LogP contribution in [0.25, 0.3) is 11.1 Å². The van der Waals surface area contributed by atoms with Gasteiger partial charge in [0.25, 0.3) is 0 Å². The van der Waals surface area contributed by atoms with Gasteiger partial charge in [-0.15, -0.1) is 0 Å². The minimum atomic E-state index is -1.14. The van der Waals surface area contributed by atoms with Crippen LogP contribution in [0.5, 0.6) is 5.75 Å². The summed E-state index contributed by atoms with van der Waals surface area (Å²) in [5, 5.41) is 10.5. The van der Waals surface area contributed by atoms with Gasteiger partial charge in [-0.25, -0.2) is 13.2 Å². The zero-order valence-corrected chi connectivity index (χ0v) is 19.0. The van der Waals surface area contributed by atoms with Crippen molar-refractivity contribution in [1.82, 2.24) is 0 Å². The molecule has 1 aliphatic rings. The second-order valence-corrected chi connectivity index (χ2v) is 8.93. The maximum Gasteiger partial charge on any atom is 0.200 e. The quantitative estimate of drug-likeness (QED) is 0.396. The number of hydrogen-bond donors (Lipinski definition) is 1. The molecule has 0 aromatic heterocycles. The number of hydrogen-bond acceptors (Lipinski definition) is 2. The smallest absolute Gasteiger partial charge is 0.200 e. The lowest BCUT2D eigenvalue weighted by atomic mass is 9.78. The number of halogens is 3. The number of aliphatic hydroxyl groups is 1. The molecule has 0 spiro atoms. The molecular weight excluding hydrogens is 425 g/mol. The topological polar surface area (TPSA) is 29.5 Å². The number of aryl methyl sites for hydroxylation is 2. The zero-order chi connectivity index (χ0) is 23.5. The Hall–Kier alpha value is -2.79. The van der Waals surface area contributed by atoms with Gasteiger partial charge in [-0.2, -0.15) is 0 Å². The molecule has 1 N–H and O–H groups in total. The third-order valence-electron chi connectivity index (χ3n) is 6.74. The van der Waals surface area contributed by atoms with Gasteiger partial charge in [-0.3, -0.25) is 0 Å². The molecule has 0 heterocycles. The van der Waals surface area contributed by atoms with Crippen LogP contribution in [0, 0.1) is 30.3 Å². The fourth-order valence-electron chi connectivity index (χ4n) is 4.64. The highest BCUT2D eigenvalue weighted by Crippen LogP contribution is 2.40. The third kappa shape index (κ3) is 5.09. The molecular formula is C28H29F3O2. The van der Waals surface area contributed by atoms with Crippen molar-refractivity contribution in [2.24, 2.45) is 5.92 Å². The minimum Gasteiger partial charge on any atom is -0.462 e. The molecule has 0 saturated heterocycles. The lowest BCUT2D eigenvalue weighted by Crippen LogP contribution is -2.30. The Labute approximate surface area is 193 Å². The summed E-state index contributed by atoms with van der Waals surface area (Å²) in [6.45, 7) is 3.88. The van der Waals surface area contributed by atoms with Crippen LogP contribution in [-0.4, -0.2) is 11.4 Å². The van der Waals surface area contributed by atoms with Crippen LogP contribution in [0.1, 0.15) is 55.2 Å². The first kappa shape index (κ1) is 23.4. The molecule has 33 heavy (non-hydrogen) atoms. The number of rotatable bonds is 6. The first-order valence-electron chi connectivity index (χ1n) is 11.6. The van der Waals surface area contributed by atoms with Crippen molar-refractivity contribution in [2.75, 3.05) is 0 Å². The lowest BCUT2D eigenvalue weighted by molar-refractivity contribution is -0.0754. The van der Waals surface area contributed by atoms with E-state index in [1.165, 1.54) is 12.1 Å². The van der Waals surface area contributed by atoms with E-state index in [1.807, 2.05) is 26.0 Å². The van der Waals surface area contributed by atoms with Crippen LogP contribution in [0.3, 0.4) is 0 Å². The van der Waals surface area contributed by atoms with E-state index >= 15 is 0 Å². The van der Waals surface area contributed by atoms with E-state index in [4.69, 9.17) is 4.74 Å². The van der Waals surface area contributed by atoms with Crippen molar-refractivity contribution in [1.29, 1.82) is 0 Å². The van der Waals surface area contributed by atoms with Crippen LogP contribution in [0.4, 0.5) is 13.2 Å². The van der Waals surface area contributed by atoms with Crippen LogP contribution in [0.2, 0.25) is 0 Å². The number of benzene rings is 3. The molecule has 1 unspecified atom stereocenters. The van der Waals surface area contributed by atoms with Crippen LogP contribution in [-0.2, 0) is 6.42 Å². The highest BCUT2D eigenvalue weighted by atomic mass is 19.2. The third-order valence-corrected chi connectivity index (χ3v) is 6.74. The molecule has 3 aromatic rings. The standard InChI is InChI=1S/C28H29F3O2/c1-3-18-6-15-25(24(29)16-18)33-28(32)21-11-9-20(10-12-21)23-14-13-22(26(30)27(23)31)19-7-4-17(2)5-8-19/h4-8,13-16,20-21,28,32H,3,9-12H2,1-2H3. The summed E-state index contributed by atoms with van der Waals surface area (Å²) >= 11 is 0. The molecule has 1 aliphatic carbocycles. The summed E-state index contributed by atoms with van der Waals surface area (Å²) in [5.41, 5.74) is 3.19. The van der Waals surface area contributed by atoms with E-state index in [0.29, 0.717) is 43.2 Å². The monoisotopic (exact) mass is 454 g/mol. The Bertz CT molecular complexity index is 1100. The van der Waals surface area contributed by atoms with Gasteiger partial charge in [-0.1, -0.05) is 55.0 Å². The summed E-state index contributed by atoms with van der Waals surface area (Å²) in [6.07, 6.45) is 1.94. The van der Waals surface area contributed by atoms with Crippen molar-refractivity contribution in [3.8, 4) is 16.9 Å². The van der Waals surface area contributed by atoms with E-state index in [9.17, 15) is 18.3 Å². The van der Waals surface area contributed by atoms with E-state index in [1.54, 1.807) is 30.3 Å². The summed E-state index contributed by atoms with van der Waals surface area (Å²) in [6, 6.07) is 15.4. The van der Waals surface area contributed by atoms with Crippen LogP contribution in [0.15, 0.2) is 54.6 Å². The molecule has 2 nitrogen and oxygen atoms in total. The average molecular weight is 455 g/mol. The van der Waals surface area contributed by atoms with Crippen molar-refractivity contribution in [3.63, 3.8) is 0 Å². The van der Waals surface area contributed by atoms with E-state index in [0.717, 1.165) is 11.1 Å². The second kappa shape index (κ2) is 10.0. The highest BCUT2D eigenvalue weighted by Gasteiger charge is 2.31. The average Bonchev–Trinajstić information content (AvgIpc) is 2.83. The Kier molecular flexibility index (Phi) is 7.08. The summed E-state index contributed by atoms with van der Waals surface area (Å²) in [4.78, 5) is 0. The van der Waals surface area contributed by atoms with Gasteiger partial charge in [0, 0.05) is 11.5 Å². The molecule has 174 valence electrons. The van der Waals surface area contributed by atoms with Crippen LogP contribution < -0.4 is 4.74 Å². The predicted octanol–water partition coefficient (Wildman–Crippen LogP) is 7.31.